The predicted octanol–water partition coefficient (Wildman–Crippen LogP) is 2.96. The second-order valence-electron chi connectivity index (χ2n) is 6.79. The van der Waals surface area contributed by atoms with E-state index in [2.05, 4.69) is 16.8 Å². The van der Waals surface area contributed by atoms with E-state index in [1.165, 1.54) is 12.1 Å². The van der Waals surface area contributed by atoms with E-state index < -0.39 is 10.7 Å². The molecule has 1 aromatic carbocycles. The first-order valence-electron chi connectivity index (χ1n) is 9.24. The average Bonchev–Trinajstić information content (AvgIpc) is 3.16. The normalized spacial score (nSPS) is 18.8. The second kappa shape index (κ2) is 7.21. The number of rotatable bonds is 4. The van der Waals surface area contributed by atoms with Crippen LogP contribution in [-0.2, 0) is 15.9 Å². The molecular weight excluding hydrogens is 348 g/mol. The minimum absolute atomic E-state index is 0.0588. The van der Waals surface area contributed by atoms with Gasteiger partial charge in [-0.25, -0.2) is 9.97 Å². The largest absolute Gasteiger partial charge is 0.356 e. The van der Waals surface area contributed by atoms with Crippen LogP contribution in [0, 0.1) is 10.1 Å². The number of ether oxygens (including phenoxy) is 2. The van der Waals surface area contributed by atoms with Gasteiger partial charge in [-0.05, 0) is 18.6 Å². The highest BCUT2D eigenvalue weighted by atomic mass is 16.7. The number of nitro benzene ring substituents is 1. The van der Waals surface area contributed by atoms with Crippen LogP contribution in [0.2, 0.25) is 0 Å². The number of benzene rings is 1. The number of non-ortho nitro benzene ring substituents is 1. The number of nitrogens with zero attached hydrogens (tertiary/aromatic N) is 4. The smallest absolute Gasteiger partial charge is 0.269 e. The summed E-state index contributed by atoms with van der Waals surface area (Å²) >= 11 is 0. The van der Waals surface area contributed by atoms with Gasteiger partial charge in [0.25, 0.3) is 5.69 Å². The molecule has 0 unspecified atom stereocenters. The van der Waals surface area contributed by atoms with Crippen LogP contribution in [0.4, 0.5) is 11.5 Å². The lowest BCUT2D eigenvalue weighted by atomic mass is 10.0. The van der Waals surface area contributed by atoms with Gasteiger partial charge in [0.05, 0.1) is 18.1 Å². The summed E-state index contributed by atoms with van der Waals surface area (Å²) < 4.78 is 11.6. The summed E-state index contributed by atoms with van der Waals surface area (Å²) in [6.07, 6.45) is 2.41. The molecule has 2 aromatic rings. The summed E-state index contributed by atoms with van der Waals surface area (Å²) in [7, 11) is 0. The molecule has 2 aliphatic rings. The third-order valence-electron chi connectivity index (χ3n) is 5.13. The Morgan fingerprint density at radius 3 is 2.41 bits per heavy atom. The van der Waals surface area contributed by atoms with E-state index in [1.54, 1.807) is 12.1 Å². The van der Waals surface area contributed by atoms with E-state index in [9.17, 15) is 10.1 Å². The number of hydrogen-bond donors (Lipinski definition) is 0. The quantitative estimate of drug-likeness (QED) is 0.603. The van der Waals surface area contributed by atoms with Crippen molar-refractivity contribution in [3.8, 4) is 11.4 Å². The minimum atomic E-state index is -0.418. The Morgan fingerprint density at radius 2 is 1.81 bits per heavy atom. The van der Waals surface area contributed by atoms with Crippen LogP contribution >= 0.6 is 0 Å². The van der Waals surface area contributed by atoms with Gasteiger partial charge in [0.1, 0.15) is 5.82 Å². The van der Waals surface area contributed by atoms with Crippen LogP contribution in [0.15, 0.2) is 30.3 Å². The Bertz CT molecular complexity index is 824. The van der Waals surface area contributed by atoms with Crippen molar-refractivity contribution >= 4 is 11.5 Å². The molecule has 1 spiro atoms. The maximum Gasteiger partial charge on any atom is 0.269 e. The van der Waals surface area contributed by atoms with Crippen LogP contribution in [0.5, 0.6) is 0 Å². The molecule has 8 nitrogen and oxygen atoms in total. The van der Waals surface area contributed by atoms with Crippen molar-refractivity contribution in [1.29, 1.82) is 0 Å². The third kappa shape index (κ3) is 3.63. The molecule has 2 saturated heterocycles. The summed E-state index contributed by atoms with van der Waals surface area (Å²) in [5.74, 6) is 1.05. The molecule has 0 N–H and O–H groups in total. The molecule has 0 atom stereocenters. The highest BCUT2D eigenvalue weighted by molar-refractivity contribution is 5.60. The van der Waals surface area contributed by atoms with Crippen LogP contribution in [0.25, 0.3) is 11.4 Å². The highest BCUT2D eigenvalue weighted by Crippen LogP contribution is 2.33. The third-order valence-corrected chi connectivity index (χ3v) is 5.13. The van der Waals surface area contributed by atoms with Crippen LogP contribution < -0.4 is 4.90 Å². The van der Waals surface area contributed by atoms with Gasteiger partial charge >= 0.3 is 0 Å². The molecule has 2 fully saturated rings. The average molecular weight is 370 g/mol. The monoisotopic (exact) mass is 370 g/mol. The Kier molecular flexibility index (Phi) is 4.75. The van der Waals surface area contributed by atoms with Crippen molar-refractivity contribution < 1.29 is 14.4 Å². The number of piperidine rings is 1. The number of aromatic nitrogens is 2. The van der Waals surface area contributed by atoms with Crippen molar-refractivity contribution in [2.45, 2.75) is 32.0 Å². The van der Waals surface area contributed by atoms with Gasteiger partial charge in [0.2, 0.25) is 0 Å². The minimum Gasteiger partial charge on any atom is -0.356 e. The van der Waals surface area contributed by atoms with Gasteiger partial charge in [-0.15, -0.1) is 0 Å². The molecule has 0 amide bonds. The van der Waals surface area contributed by atoms with E-state index in [0.29, 0.717) is 19.0 Å². The van der Waals surface area contributed by atoms with Gasteiger partial charge in [0, 0.05) is 55.4 Å². The van der Waals surface area contributed by atoms with Gasteiger partial charge in [0.15, 0.2) is 11.6 Å². The van der Waals surface area contributed by atoms with Crippen molar-refractivity contribution in [1.82, 2.24) is 9.97 Å². The van der Waals surface area contributed by atoms with E-state index in [-0.39, 0.29) is 5.69 Å². The molecule has 0 aliphatic carbocycles. The molecule has 1 aromatic heterocycles. The van der Waals surface area contributed by atoms with Crippen LogP contribution in [0.1, 0.15) is 25.5 Å². The van der Waals surface area contributed by atoms with Gasteiger partial charge in [-0.3, -0.25) is 10.1 Å². The molecule has 0 bridgehead atoms. The Labute approximate surface area is 157 Å². The molecular formula is C19H22N4O4. The SMILES string of the molecule is CCc1cc(N2CCC3(CC2)OCCO3)nc(-c2ccc([N+](=O)[O-])cc2)n1. The van der Waals surface area contributed by atoms with E-state index in [4.69, 9.17) is 14.5 Å². The number of hydrogen-bond acceptors (Lipinski definition) is 7. The van der Waals surface area contributed by atoms with Crippen molar-refractivity contribution in [3.63, 3.8) is 0 Å². The fraction of sp³-hybridized carbons (Fsp3) is 0.474. The first kappa shape index (κ1) is 17.8. The molecule has 0 radical (unpaired) electrons. The zero-order valence-corrected chi connectivity index (χ0v) is 15.3. The van der Waals surface area contributed by atoms with E-state index in [1.807, 2.05) is 6.07 Å². The maximum absolute atomic E-state index is 10.9. The Morgan fingerprint density at radius 1 is 1.15 bits per heavy atom. The summed E-state index contributed by atoms with van der Waals surface area (Å²) in [5, 5.41) is 10.9. The summed E-state index contributed by atoms with van der Waals surface area (Å²) in [6, 6.07) is 8.38. The Hall–Kier alpha value is -2.58. The molecule has 0 saturated carbocycles. The predicted molar refractivity (Wildman–Crippen MR) is 99.6 cm³/mol. The molecule has 27 heavy (non-hydrogen) atoms. The van der Waals surface area contributed by atoms with Gasteiger partial charge in [-0.1, -0.05) is 6.92 Å². The summed E-state index contributed by atoms with van der Waals surface area (Å²) in [4.78, 5) is 22.0. The molecule has 142 valence electrons. The highest BCUT2D eigenvalue weighted by Gasteiger charge is 2.40. The van der Waals surface area contributed by atoms with Crippen LogP contribution in [0.3, 0.4) is 0 Å². The van der Waals surface area contributed by atoms with E-state index >= 15 is 0 Å². The number of anilines is 1. The molecule has 4 rings (SSSR count). The first-order chi connectivity index (χ1) is 13.1. The van der Waals surface area contributed by atoms with Crippen molar-refractivity contribution in [2.24, 2.45) is 0 Å². The maximum atomic E-state index is 10.9. The fourth-order valence-corrected chi connectivity index (χ4v) is 3.55. The topological polar surface area (TPSA) is 90.6 Å². The molecule has 3 heterocycles. The van der Waals surface area contributed by atoms with E-state index in [0.717, 1.165) is 49.4 Å². The van der Waals surface area contributed by atoms with Gasteiger partial charge < -0.3 is 14.4 Å². The molecule has 8 heteroatoms. The lowest BCUT2D eigenvalue weighted by Crippen LogP contribution is -2.45. The summed E-state index contributed by atoms with van der Waals surface area (Å²) in [5.41, 5.74) is 1.78. The lowest BCUT2D eigenvalue weighted by Gasteiger charge is -2.38. The standard InChI is InChI=1S/C19H22N4O4/c1-2-15-13-17(22-9-7-19(8-10-22)26-11-12-27-19)21-18(20-15)14-3-5-16(6-4-14)23(24)25/h3-6,13H,2,7-12H2,1H3. The zero-order valence-electron chi connectivity index (χ0n) is 15.3. The Balaban J connectivity index is 1.58. The van der Waals surface area contributed by atoms with Crippen molar-refractivity contribution in [3.05, 3.63) is 46.1 Å². The number of aryl methyl sites for hydroxylation is 1. The van der Waals surface area contributed by atoms with Crippen molar-refractivity contribution in [2.75, 3.05) is 31.2 Å². The lowest BCUT2D eigenvalue weighted by molar-refractivity contribution is -0.384. The fourth-order valence-electron chi connectivity index (χ4n) is 3.55. The second-order valence-corrected chi connectivity index (χ2v) is 6.79. The molecule has 2 aliphatic heterocycles. The number of nitro groups is 1. The zero-order chi connectivity index (χ0) is 18.9. The summed E-state index contributed by atoms with van der Waals surface area (Å²) in [6.45, 7) is 4.99. The first-order valence-corrected chi connectivity index (χ1v) is 9.24. The van der Waals surface area contributed by atoms with Crippen LogP contribution in [-0.4, -0.2) is 47.0 Å². The van der Waals surface area contributed by atoms with Gasteiger partial charge in [-0.2, -0.15) is 0 Å².